The first-order valence-electron chi connectivity index (χ1n) is 5.24. The molecule has 0 aromatic heterocycles. The molecule has 0 atom stereocenters. The van der Waals surface area contributed by atoms with Crippen LogP contribution in [0.15, 0.2) is 0 Å². The molecule has 0 aliphatic heterocycles. The molecule has 0 aliphatic carbocycles. The first kappa shape index (κ1) is 13.4. The standard InChI is InChI=1S/C10H22N2O2/c1-4-11-8-10(14)12(9(2)3)6-5-7-13/h9,11,13H,4-8H2,1-3H3. The Morgan fingerprint density at radius 2 is 2.14 bits per heavy atom. The maximum Gasteiger partial charge on any atom is 0.236 e. The van der Waals surface area contributed by atoms with E-state index in [0.717, 1.165) is 6.54 Å². The van der Waals surface area contributed by atoms with Crippen molar-refractivity contribution in [1.82, 2.24) is 10.2 Å². The smallest absolute Gasteiger partial charge is 0.236 e. The summed E-state index contributed by atoms with van der Waals surface area (Å²) in [5.74, 6) is 0.107. The third kappa shape index (κ3) is 5.19. The van der Waals surface area contributed by atoms with Crippen molar-refractivity contribution < 1.29 is 9.90 Å². The summed E-state index contributed by atoms with van der Waals surface area (Å²) in [5, 5.41) is 11.7. The van der Waals surface area contributed by atoms with E-state index in [1.54, 1.807) is 4.90 Å². The van der Waals surface area contributed by atoms with Crippen LogP contribution in [0.2, 0.25) is 0 Å². The highest BCUT2D eigenvalue weighted by Crippen LogP contribution is 1.99. The summed E-state index contributed by atoms with van der Waals surface area (Å²) in [5.41, 5.74) is 0. The van der Waals surface area contributed by atoms with Gasteiger partial charge in [0, 0.05) is 19.2 Å². The van der Waals surface area contributed by atoms with Crippen molar-refractivity contribution in [3.63, 3.8) is 0 Å². The second-order valence-electron chi connectivity index (χ2n) is 3.54. The zero-order valence-corrected chi connectivity index (χ0v) is 9.42. The Hall–Kier alpha value is -0.610. The number of rotatable bonds is 7. The number of aliphatic hydroxyl groups is 1. The van der Waals surface area contributed by atoms with Gasteiger partial charge in [-0.25, -0.2) is 0 Å². The molecule has 0 spiro atoms. The molecule has 0 aromatic carbocycles. The van der Waals surface area contributed by atoms with Gasteiger partial charge in [0.2, 0.25) is 5.91 Å². The molecular formula is C10H22N2O2. The van der Waals surface area contributed by atoms with Gasteiger partial charge < -0.3 is 15.3 Å². The predicted octanol–water partition coefficient (Wildman–Crippen LogP) is 0.215. The molecule has 0 bridgehead atoms. The van der Waals surface area contributed by atoms with E-state index in [0.29, 0.717) is 19.5 Å². The maximum atomic E-state index is 11.6. The summed E-state index contributed by atoms with van der Waals surface area (Å²) in [4.78, 5) is 13.4. The molecule has 0 rings (SSSR count). The number of carbonyl (C=O) groups excluding carboxylic acids is 1. The number of likely N-dealkylation sites (N-methyl/N-ethyl adjacent to an activating group) is 1. The van der Waals surface area contributed by atoms with E-state index in [4.69, 9.17) is 5.11 Å². The molecule has 0 radical (unpaired) electrons. The maximum absolute atomic E-state index is 11.6. The van der Waals surface area contributed by atoms with Gasteiger partial charge in [0.25, 0.3) is 0 Å². The van der Waals surface area contributed by atoms with Crippen LogP contribution in [0.1, 0.15) is 27.2 Å². The second-order valence-corrected chi connectivity index (χ2v) is 3.54. The Kier molecular flexibility index (Phi) is 7.42. The molecule has 1 amide bonds. The number of carbonyl (C=O) groups is 1. The molecule has 0 saturated carbocycles. The average Bonchev–Trinajstić information content (AvgIpc) is 2.14. The summed E-state index contributed by atoms with van der Waals surface area (Å²) in [6, 6.07) is 0.202. The number of nitrogens with one attached hydrogen (secondary N) is 1. The molecule has 0 aromatic rings. The zero-order chi connectivity index (χ0) is 11.0. The lowest BCUT2D eigenvalue weighted by atomic mass is 10.2. The summed E-state index contributed by atoms with van der Waals surface area (Å²) in [6.07, 6.45) is 0.649. The number of nitrogens with zero attached hydrogens (tertiary/aromatic N) is 1. The Bertz CT molecular complexity index is 160. The molecule has 0 fully saturated rings. The molecule has 84 valence electrons. The van der Waals surface area contributed by atoms with Crippen LogP contribution in [0.25, 0.3) is 0 Å². The third-order valence-corrected chi connectivity index (χ3v) is 2.03. The van der Waals surface area contributed by atoms with Gasteiger partial charge in [-0.15, -0.1) is 0 Å². The Morgan fingerprint density at radius 3 is 2.57 bits per heavy atom. The van der Waals surface area contributed by atoms with Crippen molar-refractivity contribution in [3.8, 4) is 0 Å². The Labute approximate surface area is 86.3 Å². The highest BCUT2D eigenvalue weighted by atomic mass is 16.3. The van der Waals surface area contributed by atoms with Gasteiger partial charge in [0.15, 0.2) is 0 Å². The Balaban J connectivity index is 3.98. The molecular weight excluding hydrogens is 180 g/mol. The van der Waals surface area contributed by atoms with Crippen molar-refractivity contribution in [2.75, 3.05) is 26.2 Å². The number of amides is 1. The number of hydrogen-bond donors (Lipinski definition) is 2. The van der Waals surface area contributed by atoms with Crippen molar-refractivity contribution in [2.24, 2.45) is 0 Å². The van der Waals surface area contributed by atoms with E-state index in [9.17, 15) is 4.79 Å². The first-order valence-corrected chi connectivity index (χ1v) is 5.24. The second kappa shape index (κ2) is 7.76. The molecule has 4 nitrogen and oxygen atoms in total. The summed E-state index contributed by atoms with van der Waals surface area (Å²) < 4.78 is 0. The van der Waals surface area contributed by atoms with Crippen LogP contribution >= 0.6 is 0 Å². The van der Waals surface area contributed by atoms with Crippen molar-refractivity contribution >= 4 is 5.91 Å². The molecule has 2 N–H and O–H groups in total. The van der Waals surface area contributed by atoms with Crippen LogP contribution in [-0.4, -0.2) is 48.2 Å². The quantitative estimate of drug-likeness (QED) is 0.621. The van der Waals surface area contributed by atoms with Crippen molar-refractivity contribution in [1.29, 1.82) is 0 Å². The van der Waals surface area contributed by atoms with Gasteiger partial charge in [-0.3, -0.25) is 4.79 Å². The van der Waals surface area contributed by atoms with E-state index in [-0.39, 0.29) is 18.6 Å². The molecule has 14 heavy (non-hydrogen) atoms. The van der Waals surface area contributed by atoms with Crippen LogP contribution in [0, 0.1) is 0 Å². The van der Waals surface area contributed by atoms with Gasteiger partial charge in [0.1, 0.15) is 0 Å². The van der Waals surface area contributed by atoms with E-state index >= 15 is 0 Å². The van der Waals surface area contributed by atoms with E-state index in [2.05, 4.69) is 5.32 Å². The van der Waals surface area contributed by atoms with Crippen LogP contribution in [-0.2, 0) is 4.79 Å². The van der Waals surface area contributed by atoms with Gasteiger partial charge in [-0.1, -0.05) is 6.92 Å². The monoisotopic (exact) mass is 202 g/mol. The first-order chi connectivity index (χ1) is 6.63. The largest absolute Gasteiger partial charge is 0.396 e. The fourth-order valence-electron chi connectivity index (χ4n) is 1.25. The lowest BCUT2D eigenvalue weighted by Gasteiger charge is -2.26. The van der Waals surface area contributed by atoms with Gasteiger partial charge in [-0.05, 0) is 26.8 Å². The Morgan fingerprint density at radius 1 is 1.50 bits per heavy atom. The molecule has 0 aliphatic rings. The van der Waals surface area contributed by atoms with Gasteiger partial charge in [-0.2, -0.15) is 0 Å². The van der Waals surface area contributed by atoms with E-state index in [1.807, 2.05) is 20.8 Å². The topological polar surface area (TPSA) is 52.6 Å². The molecule has 0 saturated heterocycles. The average molecular weight is 202 g/mol. The van der Waals surface area contributed by atoms with Gasteiger partial charge >= 0.3 is 0 Å². The van der Waals surface area contributed by atoms with Crippen molar-refractivity contribution in [3.05, 3.63) is 0 Å². The molecule has 4 heteroatoms. The lowest BCUT2D eigenvalue weighted by molar-refractivity contribution is -0.132. The summed E-state index contributed by atoms with van der Waals surface area (Å²) in [6.45, 7) is 7.91. The lowest BCUT2D eigenvalue weighted by Crippen LogP contribution is -2.43. The molecule has 0 heterocycles. The zero-order valence-electron chi connectivity index (χ0n) is 9.42. The molecule has 0 unspecified atom stereocenters. The van der Waals surface area contributed by atoms with E-state index in [1.165, 1.54) is 0 Å². The predicted molar refractivity (Wildman–Crippen MR) is 57.1 cm³/mol. The summed E-state index contributed by atoms with van der Waals surface area (Å²) >= 11 is 0. The SMILES string of the molecule is CCNCC(=O)N(CCCO)C(C)C. The highest BCUT2D eigenvalue weighted by Gasteiger charge is 2.15. The highest BCUT2D eigenvalue weighted by molar-refractivity contribution is 5.78. The third-order valence-electron chi connectivity index (χ3n) is 2.03. The fourth-order valence-corrected chi connectivity index (χ4v) is 1.25. The number of hydrogen-bond acceptors (Lipinski definition) is 3. The van der Waals surface area contributed by atoms with Crippen LogP contribution < -0.4 is 5.32 Å². The minimum Gasteiger partial charge on any atom is -0.396 e. The minimum absolute atomic E-state index is 0.107. The number of aliphatic hydroxyl groups excluding tert-OH is 1. The van der Waals surface area contributed by atoms with Crippen LogP contribution in [0.5, 0.6) is 0 Å². The normalized spacial score (nSPS) is 10.6. The van der Waals surface area contributed by atoms with E-state index < -0.39 is 0 Å². The van der Waals surface area contributed by atoms with Crippen LogP contribution in [0.3, 0.4) is 0 Å². The fraction of sp³-hybridized carbons (Fsp3) is 0.900. The van der Waals surface area contributed by atoms with Crippen molar-refractivity contribution in [2.45, 2.75) is 33.2 Å². The minimum atomic E-state index is 0.107. The van der Waals surface area contributed by atoms with Gasteiger partial charge in [0.05, 0.1) is 6.54 Å². The summed E-state index contributed by atoms with van der Waals surface area (Å²) in [7, 11) is 0. The van der Waals surface area contributed by atoms with Crippen LogP contribution in [0.4, 0.5) is 0 Å².